The molecule has 18 heavy (non-hydrogen) atoms. The Hall–Kier alpha value is -0.870. The van der Waals surface area contributed by atoms with E-state index >= 15 is 0 Å². The van der Waals surface area contributed by atoms with Gasteiger partial charge in [0.15, 0.2) is 0 Å². The highest BCUT2D eigenvalue weighted by atomic mass is 16.5. The second kappa shape index (κ2) is 5.41. The van der Waals surface area contributed by atoms with Crippen LogP contribution in [-0.2, 0) is 30.7 Å². The van der Waals surface area contributed by atoms with Gasteiger partial charge in [0.2, 0.25) is 0 Å². The minimum absolute atomic E-state index is 0.775. The summed E-state index contributed by atoms with van der Waals surface area (Å²) in [6.45, 7) is 7.27. The molecule has 1 fully saturated rings. The van der Waals surface area contributed by atoms with E-state index in [0.29, 0.717) is 0 Å². The molecule has 0 amide bonds. The molecule has 2 aliphatic heterocycles. The van der Waals surface area contributed by atoms with Crippen molar-refractivity contribution in [1.29, 1.82) is 0 Å². The highest BCUT2D eigenvalue weighted by Crippen LogP contribution is 2.22. The first-order valence-electron chi connectivity index (χ1n) is 7.24. The second-order valence-electron chi connectivity index (χ2n) is 5.37. The maximum atomic E-state index is 5.45. The van der Waals surface area contributed by atoms with Crippen molar-refractivity contribution in [1.82, 2.24) is 14.9 Å². The number of nitrogens with one attached hydrogen (secondary N) is 1. The van der Waals surface area contributed by atoms with Crippen molar-refractivity contribution in [2.45, 2.75) is 45.7 Å². The predicted octanol–water partition coefficient (Wildman–Crippen LogP) is 1.52. The maximum Gasteiger partial charge on any atom is 0.108 e. The molecule has 1 N–H and O–H groups in total. The molecule has 1 aromatic rings. The van der Waals surface area contributed by atoms with E-state index in [9.17, 15) is 0 Å². The fraction of sp³-hybridized carbons (Fsp3) is 0.786. The quantitative estimate of drug-likeness (QED) is 0.882. The van der Waals surface area contributed by atoms with Crippen LogP contribution in [0.3, 0.4) is 0 Å². The van der Waals surface area contributed by atoms with Gasteiger partial charge in [0.05, 0.1) is 5.69 Å². The standard InChI is InChI=1S/C14H23N3O/c1-2-14-16-12-9-15-6-3-13(12)17(14)10-11-4-7-18-8-5-11/h11,15H,2-10H2,1H3. The zero-order valence-electron chi connectivity index (χ0n) is 11.2. The van der Waals surface area contributed by atoms with Gasteiger partial charge in [0.1, 0.15) is 5.82 Å². The normalized spacial score (nSPS) is 20.9. The van der Waals surface area contributed by atoms with E-state index < -0.39 is 0 Å². The Kier molecular flexibility index (Phi) is 3.66. The molecule has 1 aromatic heterocycles. The monoisotopic (exact) mass is 249 g/mol. The molecule has 4 nitrogen and oxygen atoms in total. The molecule has 2 aliphatic rings. The molecule has 0 atom stereocenters. The molecule has 0 radical (unpaired) electrons. The van der Waals surface area contributed by atoms with Crippen molar-refractivity contribution in [3.8, 4) is 0 Å². The van der Waals surface area contributed by atoms with Gasteiger partial charge >= 0.3 is 0 Å². The SMILES string of the molecule is CCc1nc2c(n1CC1CCOCC1)CCNC2. The van der Waals surface area contributed by atoms with Crippen LogP contribution in [0, 0.1) is 5.92 Å². The number of rotatable bonds is 3. The Labute approximate surface area is 109 Å². The van der Waals surface area contributed by atoms with E-state index in [1.54, 1.807) is 0 Å². The Bertz CT molecular complexity index is 407. The van der Waals surface area contributed by atoms with Gasteiger partial charge in [-0.3, -0.25) is 0 Å². The van der Waals surface area contributed by atoms with Crippen LogP contribution < -0.4 is 5.32 Å². The molecular weight excluding hydrogens is 226 g/mol. The van der Waals surface area contributed by atoms with Gasteiger partial charge in [0, 0.05) is 51.4 Å². The zero-order valence-corrected chi connectivity index (χ0v) is 11.2. The van der Waals surface area contributed by atoms with Gasteiger partial charge in [-0.05, 0) is 18.8 Å². The number of hydrogen-bond donors (Lipinski definition) is 1. The number of nitrogens with zero attached hydrogens (tertiary/aromatic N) is 2. The molecule has 100 valence electrons. The number of aryl methyl sites for hydroxylation is 1. The van der Waals surface area contributed by atoms with Crippen LogP contribution in [0.15, 0.2) is 0 Å². The predicted molar refractivity (Wildman–Crippen MR) is 70.6 cm³/mol. The lowest BCUT2D eigenvalue weighted by atomic mass is 10.00. The third kappa shape index (κ3) is 2.31. The summed E-state index contributed by atoms with van der Waals surface area (Å²) in [5.74, 6) is 2.05. The van der Waals surface area contributed by atoms with Gasteiger partial charge in [-0.15, -0.1) is 0 Å². The summed E-state index contributed by atoms with van der Waals surface area (Å²) in [5.41, 5.74) is 2.77. The molecule has 1 saturated heterocycles. The van der Waals surface area contributed by atoms with Gasteiger partial charge in [0.25, 0.3) is 0 Å². The summed E-state index contributed by atoms with van der Waals surface area (Å²) in [4.78, 5) is 4.80. The second-order valence-corrected chi connectivity index (χ2v) is 5.37. The molecular formula is C14H23N3O. The average molecular weight is 249 g/mol. The van der Waals surface area contributed by atoms with Crippen LogP contribution in [0.25, 0.3) is 0 Å². The fourth-order valence-corrected chi connectivity index (χ4v) is 3.10. The smallest absolute Gasteiger partial charge is 0.108 e. The summed E-state index contributed by atoms with van der Waals surface area (Å²) in [5, 5.41) is 3.41. The maximum absolute atomic E-state index is 5.45. The van der Waals surface area contributed by atoms with Crippen molar-refractivity contribution in [3.05, 3.63) is 17.2 Å². The third-order valence-corrected chi connectivity index (χ3v) is 4.16. The molecule has 3 rings (SSSR count). The van der Waals surface area contributed by atoms with Crippen LogP contribution in [0.1, 0.15) is 37.0 Å². The average Bonchev–Trinajstić information content (AvgIpc) is 2.78. The number of hydrogen-bond acceptors (Lipinski definition) is 3. The summed E-state index contributed by atoms with van der Waals surface area (Å²) >= 11 is 0. The van der Waals surface area contributed by atoms with E-state index in [1.807, 2.05) is 0 Å². The zero-order chi connectivity index (χ0) is 12.4. The number of fused-ring (bicyclic) bond motifs is 1. The minimum Gasteiger partial charge on any atom is -0.381 e. The first-order chi connectivity index (χ1) is 8.88. The first kappa shape index (κ1) is 12.2. The molecule has 0 aliphatic carbocycles. The summed E-state index contributed by atoms with van der Waals surface area (Å²) < 4.78 is 7.96. The Morgan fingerprint density at radius 1 is 1.39 bits per heavy atom. The number of aromatic nitrogens is 2. The van der Waals surface area contributed by atoms with Crippen LogP contribution in [0.4, 0.5) is 0 Å². The van der Waals surface area contributed by atoms with E-state index in [2.05, 4.69) is 16.8 Å². The largest absolute Gasteiger partial charge is 0.381 e. The fourth-order valence-electron chi connectivity index (χ4n) is 3.10. The molecule has 4 heteroatoms. The summed E-state index contributed by atoms with van der Waals surface area (Å²) in [6.07, 6.45) is 4.57. The molecule has 0 aromatic carbocycles. The molecule has 0 saturated carbocycles. The number of imidazole rings is 1. The van der Waals surface area contributed by atoms with Gasteiger partial charge in [-0.25, -0.2) is 4.98 Å². The van der Waals surface area contributed by atoms with Gasteiger partial charge in [-0.2, -0.15) is 0 Å². The topological polar surface area (TPSA) is 39.1 Å². The van der Waals surface area contributed by atoms with E-state index in [1.165, 1.54) is 30.1 Å². The molecule has 0 unspecified atom stereocenters. The Morgan fingerprint density at radius 3 is 3.00 bits per heavy atom. The Balaban J connectivity index is 1.82. The van der Waals surface area contributed by atoms with Crippen LogP contribution in [0.5, 0.6) is 0 Å². The van der Waals surface area contributed by atoms with Crippen molar-refractivity contribution in [2.75, 3.05) is 19.8 Å². The van der Waals surface area contributed by atoms with Crippen LogP contribution >= 0.6 is 0 Å². The van der Waals surface area contributed by atoms with Crippen molar-refractivity contribution >= 4 is 0 Å². The highest BCUT2D eigenvalue weighted by molar-refractivity contribution is 5.20. The van der Waals surface area contributed by atoms with Crippen LogP contribution in [0.2, 0.25) is 0 Å². The highest BCUT2D eigenvalue weighted by Gasteiger charge is 2.22. The molecule has 0 spiro atoms. The lowest BCUT2D eigenvalue weighted by molar-refractivity contribution is 0.0607. The molecule has 3 heterocycles. The molecule has 0 bridgehead atoms. The van der Waals surface area contributed by atoms with Crippen molar-refractivity contribution < 1.29 is 4.74 Å². The van der Waals surface area contributed by atoms with E-state index in [4.69, 9.17) is 9.72 Å². The van der Waals surface area contributed by atoms with Crippen molar-refractivity contribution in [2.24, 2.45) is 5.92 Å². The summed E-state index contributed by atoms with van der Waals surface area (Å²) in [7, 11) is 0. The van der Waals surface area contributed by atoms with E-state index in [-0.39, 0.29) is 0 Å². The summed E-state index contributed by atoms with van der Waals surface area (Å²) in [6, 6.07) is 0. The van der Waals surface area contributed by atoms with Crippen LogP contribution in [-0.4, -0.2) is 29.3 Å². The minimum atomic E-state index is 0.775. The lowest BCUT2D eigenvalue weighted by Crippen LogP contribution is -2.27. The van der Waals surface area contributed by atoms with Gasteiger partial charge < -0.3 is 14.6 Å². The van der Waals surface area contributed by atoms with E-state index in [0.717, 1.165) is 51.6 Å². The van der Waals surface area contributed by atoms with Gasteiger partial charge in [-0.1, -0.05) is 6.92 Å². The van der Waals surface area contributed by atoms with Crippen molar-refractivity contribution in [3.63, 3.8) is 0 Å². The Morgan fingerprint density at radius 2 is 2.22 bits per heavy atom. The third-order valence-electron chi connectivity index (χ3n) is 4.16. The first-order valence-corrected chi connectivity index (χ1v) is 7.24. The lowest BCUT2D eigenvalue weighted by Gasteiger charge is -2.25. The number of ether oxygens (including phenoxy) is 1.